The Morgan fingerprint density at radius 2 is 1.84 bits per heavy atom. The van der Waals surface area contributed by atoms with E-state index in [-0.39, 0.29) is 6.03 Å². The molecule has 0 aliphatic heterocycles. The summed E-state index contributed by atoms with van der Waals surface area (Å²) in [5.74, 6) is 0.654. The van der Waals surface area contributed by atoms with Crippen LogP contribution in [0.3, 0.4) is 0 Å². The molecule has 0 atom stereocenters. The number of halogens is 1. The summed E-state index contributed by atoms with van der Waals surface area (Å²) in [6, 6.07) is 15.1. The van der Waals surface area contributed by atoms with Crippen LogP contribution in [0.4, 0.5) is 10.5 Å². The van der Waals surface area contributed by atoms with Crippen molar-refractivity contribution >= 4 is 27.6 Å². The zero-order valence-electron chi connectivity index (χ0n) is 14.5. The highest BCUT2D eigenvalue weighted by Crippen LogP contribution is 2.24. The van der Waals surface area contributed by atoms with Crippen LogP contribution < -0.4 is 10.1 Å². The minimum absolute atomic E-state index is 0.191. The number of urea groups is 1. The van der Waals surface area contributed by atoms with Gasteiger partial charge in [0.15, 0.2) is 0 Å². The van der Waals surface area contributed by atoms with Gasteiger partial charge in [-0.3, -0.25) is 0 Å². The first kappa shape index (κ1) is 19.3. The van der Waals surface area contributed by atoms with Crippen LogP contribution in [0.25, 0.3) is 0 Å². The number of carbonyl (C=O) groups excluding carboxylic acids is 1. The van der Waals surface area contributed by atoms with E-state index < -0.39 is 0 Å². The molecular weight excluding hydrogens is 384 g/mol. The zero-order chi connectivity index (χ0) is 18.1. The predicted molar refractivity (Wildman–Crippen MR) is 103 cm³/mol. The standard InChI is InChI=1S/C19H23BrN2O3/c1-22(14-15-8-3-4-9-16(15)20)19(23)21-17-10-5-6-11-18(17)25-13-7-12-24-2/h3-6,8-11H,7,12-14H2,1-2H3,(H,21,23). The molecule has 1 N–H and O–H groups in total. The van der Waals surface area contributed by atoms with Crippen molar-refractivity contribution in [1.29, 1.82) is 0 Å². The Kier molecular flexibility index (Phi) is 7.76. The molecule has 0 aliphatic carbocycles. The van der Waals surface area contributed by atoms with Crippen LogP contribution in [0, 0.1) is 0 Å². The highest BCUT2D eigenvalue weighted by molar-refractivity contribution is 9.10. The first-order valence-electron chi connectivity index (χ1n) is 8.08. The van der Waals surface area contributed by atoms with Crippen LogP contribution in [-0.2, 0) is 11.3 Å². The third kappa shape index (κ3) is 6.07. The van der Waals surface area contributed by atoms with Gasteiger partial charge in [-0.05, 0) is 23.8 Å². The van der Waals surface area contributed by atoms with Crippen LogP contribution >= 0.6 is 15.9 Å². The summed E-state index contributed by atoms with van der Waals surface area (Å²) in [6.45, 7) is 1.68. The minimum atomic E-state index is -0.191. The Hall–Kier alpha value is -2.05. The lowest BCUT2D eigenvalue weighted by Gasteiger charge is -2.20. The van der Waals surface area contributed by atoms with Crippen molar-refractivity contribution in [1.82, 2.24) is 4.90 Å². The quantitative estimate of drug-likeness (QED) is 0.655. The fourth-order valence-electron chi connectivity index (χ4n) is 2.25. The van der Waals surface area contributed by atoms with Gasteiger partial charge in [0.1, 0.15) is 5.75 Å². The summed E-state index contributed by atoms with van der Waals surface area (Å²) >= 11 is 3.50. The number of nitrogens with one attached hydrogen (secondary N) is 1. The minimum Gasteiger partial charge on any atom is -0.491 e. The van der Waals surface area contributed by atoms with Gasteiger partial charge in [-0.1, -0.05) is 46.3 Å². The summed E-state index contributed by atoms with van der Waals surface area (Å²) in [5, 5.41) is 2.91. The molecule has 2 rings (SSSR count). The van der Waals surface area contributed by atoms with E-state index in [4.69, 9.17) is 9.47 Å². The van der Waals surface area contributed by atoms with E-state index in [1.165, 1.54) is 0 Å². The first-order valence-corrected chi connectivity index (χ1v) is 8.87. The molecule has 0 bridgehead atoms. The highest BCUT2D eigenvalue weighted by atomic mass is 79.9. The van der Waals surface area contributed by atoms with Gasteiger partial charge < -0.3 is 19.7 Å². The number of para-hydroxylation sites is 2. The molecule has 25 heavy (non-hydrogen) atoms. The molecule has 0 saturated carbocycles. The van der Waals surface area contributed by atoms with E-state index >= 15 is 0 Å². The second-order valence-corrected chi connectivity index (χ2v) is 6.42. The maximum atomic E-state index is 12.5. The summed E-state index contributed by atoms with van der Waals surface area (Å²) in [4.78, 5) is 14.1. The first-order chi connectivity index (χ1) is 12.1. The zero-order valence-corrected chi connectivity index (χ0v) is 16.1. The Morgan fingerprint density at radius 3 is 2.60 bits per heavy atom. The van der Waals surface area contributed by atoms with E-state index in [9.17, 15) is 4.79 Å². The molecule has 6 heteroatoms. The molecule has 0 spiro atoms. The molecule has 2 aromatic rings. The summed E-state index contributed by atoms with van der Waals surface area (Å²) in [7, 11) is 3.42. The van der Waals surface area contributed by atoms with Gasteiger partial charge in [-0.25, -0.2) is 4.79 Å². The van der Waals surface area contributed by atoms with Crippen LogP contribution in [0.15, 0.2) is 53.0 Å². The fraction of sp³-hybridized carbons (Fsp3) is 0.316. The van der Waals surface area contributed by atoms with Crippen molar-refractivity contribution in [3.8, 4) is 5.75 Å². The van der Waals surface area contributed by atoms with Crippen molar-refractivity contribution < 1.29 is 14.3 Å². The number of nitrogens with zero attached hydrogens (tertiary/aromatic N) is 1. The molecule has 5 nitrogen and oxygen atoms in total. The number of benzene rings is 2. The second kappa shape index (κ2) is 10.1. The van der Waals surface area contributed by atoms with Crippen molar-refractivity contribution in [2.24, 2.45) is 0 Å². The lowest BCUT2D eigenvalue weighted by Crippen LogP contribution is -2.31. The van der Waals surface area contributed by atoms with E-state index in [1.54, 1.807) is 19.1 Å². The summed E-state index contributed by atoms with van der Waals surface area (Å²) in [6.07, 6.45) is 0.792. The maximum absolute atomic E-state index is 12.5. The lowest BCUT2D eigenvalue weighted by molar-refractivity contribution is 0.172. The van der Waals surface area contributed by atoms with E-state index in [0.29, 0.717) is 31.2 Å². The molecule has 2 amide bonds. The molecule has 2 aromatic carbocycles. The molecule has 0 saturated heterocycles. The van der Waals surface area contributed by atoms with Crippen molar-refractivity contribution in [2.75, 3.05) is 32.7 Å². The van der Waals surface area contributed by atoms with Gasteiger partial charge in [0.25, 0.3) is 0 Å². The third-order valence-electron chi connectivity index (χ3n) is 3.59. The average Bonchev–Trinajstić information content (AvgIpc) is 2.62. The molecule has 0 aliphatic rings. The Balaban J connectivity index is 1.96. The van der Waals surface area contributed by atoms with Crippen molar-refractivity contribution in [3.63, 3.8) is 0 Å². The lowest BCUT2D eigenvalue weighted by atomic mass is 10.2. The summed E-state index contributed by atoms with van der Waals surface area (Å²) in [5.41, 5.74) is 1.70. The van der Waals surface area contributed by atoms with Crippen molar-refractivity contribution in [2.45, 2.75) is 13.0 Å². The molecule has 0 unspecified atom stereocenters. The SMILES string of the molecule is COCCCOc1ccccc1NC(=O)N(C)Cc1ccccc1Br. The monoisotopic (exact) mass is 406 g/mol. The number of carbonyl (C=O) groups is 1. The number of anilines is 1. The van der Waals surface area contributed by atoms with Gasteiger partial charge in [0.2, 0.25) is 0 Å². The maximum Gasteiger partial charge on any atom is 0.321 e. The van der Waals surface area contributed by atoms with Gasteiger partial charge in [0.05, 0.1) is 12.3 Å². The average molecular weight is 407 g/mol. The van der Waals surface area contributed by atoms with Crippen LogP contribution in [-0.4, -0.2) is 38.3 Å². The number of rotatable bonds is 8. The Labute approximate surface area is 157 Å². The molecule has 134 valence electrons. The smallest absolute Gasteiger partial charge is 0.321 e. The molecular formula is C19H23BrN2O3. The largest absolute Gasteiger partial charge is 0.491 e. The molecule has 0 fully saturated rings. The van der Waals surface area contributed by atoms with E-state index in [2.05, 4.69) is 21.2 Å². The van der Waals surface area contributed by atoms with E-state index in [0.717, 1.165) is 16.5 Å². The third-order valence-corrected chi connectivity index (χ3v) is 4.36. The number of methoxy groups -OCH3 is 1. The van der Waals surface area contributed by atoms with Gasteiger partial charge in [-0.2, -0.15) is 0 Å². The topological polar surface area (TPSA) is 50.8 Å². The Bertz CT molecular complexity index is 694. The normalized spacial score (nSPS) is 10.4. The number of ether oxygens (including phenoxy) is 2. The molecule has 0 heterocycles. The highest BCUT2D eigenvalue weighted by Gasteiger charge is 2.13. The molecule has 0 aromatic heterocycles. The van der Waals surface area contributed by atoms with E-state index in [1.807, 2.05) is 48.5 Å². The van der Waals surface area contributed by atoms with Crippen LogP contribution in [0.2, 0.25) is 0 Å². The molecule has 0 radical (unpaired) electrons. The number of hydrogen-bond donors (Lipinski definition) is 1. The van der Waals surface area contributed by atoms with Gasteiger partial charge >= 0.3 is 6.03 Å². The van der Waals surface area contributed by atoms with Crippen LogP contribution in [0.5, 0.6) is 5.75 Å². The fourth-order valence-corrected chi connectivity index (χ4v) is 2.66. The second-order valence-electron chi connectivity index (χ2n) is 5.57. The predicted octanol–water partition coefficient (Wildman–Crippen LogP) is 4.53. The summed E-state index contributed by atoms with van der Waals surface area (Å²) < 4.78 is 11.7. The number of amides is 2. The number of hydrogen-bond acceptors (Lipinski definition) is 3. The Morgan fingerprint density at radius 1 is 1.12 bits per heavy atom. The van der Waals surface area contributed by atoms with Crippen molar-refractivity contribution in [3.05, 3.63) is 58.6 Å². The van der Waals surface area contributed by atoms with Crippen LogP contribution in [0.1, 0.15) is 12.0 Å². The van der Waals surface area contributed by atoms with Gasteiger partial charge in [0, 0.05) is 38.2 Å². The van der Waals surface area contributed by atoms with Gasteiger partial charge in [-0.15, -0.1) is 0 Å².